The molecule has 2 rings (SSSR count). The molecule has 0 saturated heterocycles. The number of anilines is 1. The van der Waals surface area contributed by atoms with Crippen molar-refractivity contribution in [3.05, 3.63) is 29.8 Å². The lowest BCUT2D eigenvalue weighted by Gasteiger charge is -2.29. The second-order valence-corrected chi connectivity index (χ2v) is 6.17. The van der Waals surface area contributed by atoms with Crippen LogP contribution in [0.5, 0.6) is 0 Å². The maximum atomic E-state index is 9.15. The Morgan fingerprint density at radius 2 is 1.75 bits per heavy atom. The molecule has 1 aliphatic carbocycles. The zero-order valence-corrected chi connectivity index (χ0v) is 12.6. The van der Waals surface area contributed by atoms with Gasteiger partial charge in [0.05, 0.1) is 17.6 Å². The van der Waals surface area contributed by atoms with Gasteiger partial charge in [-0.1, -0.05) is 12.1 Å². The van der Waals surface area contributed by atoms with Crippen LogP contribution in [0.4, 0.5) is 5.69 Å². The molecular weight excluding hydrogens is 248 g/mol. The topological polar surface area (TPSA) is 45.0 Å². The molecule has 0 amide bonds. The first-order valence-corrected chi connectivity index (χ1v) is 7.36. The zero-order chi connectivity index (χ0) is 14.6. The van der Waals surface area contributed by atoms with E-state index in [2.05, 4.69) is 23.5 Å². The highest BCUT2D eigenvalue weighted by molar-refractivity contribution is 5.47. The molecule has 0 unspecified atom stereocenters. The Hall–Kier alpha value is -1.53. The quantitative estimate of drug-likeness (QED) is 0.905. The molecule has 1 fully saturated rings. The number of rotatable bonds is 4. The molecule has 108 valence electrons. The van der Waals surface area contributed by atoms with Gasteiger partial charge in [0.2, 0.25) is 0 Å². The number of ether oxygens (including phenoxy) is 1. The smallest absolute Gasteiger partial charge is 0.0766 e. The normalized spacial score (nSPS) is 23.1. The zero-order valence-electron chi connectivity index (χ0n) is 12.6. The third-order valence-electron chi connectivity index (χ3n) is 4.26. The van der Waals surface area contributed by atoms with E-state index >= 15 is 0 Å². The van der Waals surface area contributed by atoms with Gasteiger partial charge in [-0.25, -0.2) is 0 Å². The molecule has 0 radical (unpaired) electrons. The van der Waals surface area contributed by atoms with Gasteiger partial charge in [-0.15, -0.1) is 0 Å². The number of nitriles is 1. The Balaban J connectivity index is 1.93. The van der Waals surface area contributed by atoms with E-state index in [1.165, 1.54) is 0 Å². The van der Waals surface area contributed by atoms with E-state index in [4.69, 9.17) is 10.00 Å². The Morgan fingerprint density at radius 3 is 2.25 bits per heavy atom. The first kappa shape index (κ1) is 14.9. The minimum atomic E-state index is -0.422. The largest absolute Gasteiger partial charge is 0.382 e. The average Bonchev–Trinajstić information content (AvgIpc) is 2.48. The summed E-state index contributed by atoms with van der Waals surface area (Å²) in [6.45, 7) is 3.89. The molecule has 1 aromatic rings. The molecule has 3 nitrogen and oxygen atoms in total. The first-order chi connectivity index (χ1) is 9.55. The van der Waals surface area contributed by atoms with Crippen LogP contribution in [0.25, 0.3) is 0 Å². The van der Waals surface area contributed by atoms with Crippen molar-refractivity contribution in [1.82, 2.24) is 0 Å². The van der Waals surface area contributed by atoms with Gasteiger partial charge in [0.15, 0.2) is 0 Å². The predicted molar refractivity (Wildman–Crippen MR) is 81.8 cm³/mol. The molecule has 0 spiro atoms. The predicted octanol–water partition coefficient (Wildman–Crippen LogP) is 3.86. The summed E-state index contributed by atoms with van der Waals surface area (Å²) in [5.74, 6) is 0. The van der Waals surface area contributed by atoms with Gasteiger partial charge in [0.1, 0.15) is 0 Å². The second-order valence-electron chi connectivity index (χ2n) is 6.17. The summed E-state index contributed by atoms with van der Waals surface area (Å²) < 4.78 is 5.40. The lowest BCUT2D eigenvalue weighted by molar-refractivity contribution is 0.0682. The van der Waals surface area contributed by atoms with Gasteiger partial charge in [-0.05, 0) is 57.2 Å². The molecule has 1 saturated carbocycles. The Morgan fingerprint density at radius 1 is 1.15 bits per heavy atom. The van der Waals surface area contributed by atoms with Crippen LogP contribution < -0.4 is 5.32 Å². The third-order valence-corrected chi connectivity index (χ3v) is 4.26. The van der Waals surface area contributed by atoms with Crippen LogP contribution in [-0.2, 0) is 10.2 Å². The summed E-state index contributed by atoms with van der Waals surface area (Å²) in [4.78, 5) is 0. The third kappa shape index (κ3) is 3.52. The van der Waals surface area contributed by atoms with Crippen molar-refractivity contribution in [3.8, 4) is 6.07 Å². The molecule has 1 aliphatic rings. The molecule has 20 heavy (non-hydrogen) atoms. The summed E-state index contributed by atoms with van der Waals surface area (Å²) in [7, 11) is 1.80. The molecule has 0 heterocycles. The fraction of sp³-hybridized carbons (Fsp3) is 0.588. The van der Waals surface area contributed by atoms with Crippen LogP contribution in [-0.4, -0.2) is 19.3 Å². The van der Waals surface area contributed by atoms with Crippen molar-refractivity contribution in [2.45, 2.75) is 57.1 Å². The van der Waals surface area contributed by atoms with Gasteiger partial charge in [-0.2, -0.15) is 5.26 Å². The minimum Gasteiger partial charge on any atom is -0.382 e. The maximum Gasteiger partial charge on any atom is 0.0766 e. The highest BCUT2D eigenvalue weighted by atomic mass is 16.5. The first-order valence-electron chi connectivity index (χ1n) is 7.36. The Bertz CT molecular complexity index is 465. The lowest BCUT2D eigenvalue weighted by Crippen LogP contribution is -2.29. The molecule has 0 aromatic heterocycles. The molecular formula is C17H24N2O. The molecule has 0 aliphatic heterocycles. The number of nitrogens with zero attached hydrogens (tertiary/aromatic N) is 1. The summed E-state index contributed by atoms with van der Waals surface area (Å²) in [5, 5.41) is 12.7. The van der Waals surface area contributed by atoms with Crippen LogP contribution in [0.3, 0.4) is 0 Å². The summed E-state index contributed by atoms with van der Waals surface area (Å²) in [6.07, 6.45) is 5.02. The van der Waals surface area contributed by atoms with Crippen LogP contribution in [0.1, 0.15) is 45.1 Å². The Kier molecular flexibility index (Phi) is 4.67. The summed E-state index contributed by atoms with van der Waals surface area (Å²) >= 11 is 0. The van der Waals surface area contributed by atoms with Crippen molar-refractivity contribution in [3.63, 3.8) is 0 Å². The van der Waals surface area contributed by atoms with E-state index in [0.29, 0.717) is 12.1 Å². The van der Waals surface area contributed by atoms with Crippen molar-refractivity contribution in [2.24, 2.45) is 0 Å². The molecule has 3 heteroatoms. The highest BCUT2D eigenvalue weighted by Gasteiger charge is 2.21. The van der Waals surface area contributed by atoms with Crippen molar-refractivity contribution in [1.29, 1.82) is 5.26 Å². The highest BCUT2D eigenvalue weighted by Crippen LogP contribution is 2.26. The number of hydrogen-bond donors (Lipinski definition) is 1. The van der Waals surface area contributed by atoms with Gasteiger partial charge in [0.25, 0.3) is 0 Å². The standard InChI is InChI=1S/C17H24N2O/c1-17(2,12-18)13-4-6-14(7-5-13)19-15-8-10-16(20-3)11-9-15/h4-7,15-16,19H,8-11H2,1-3H3. The van der Waals surface area contributed by atoms with E-state index in [0.717, 1.165) is 36.9 Å². The fourth-order valence-electron chi connectivity index (χ4n) is 2.73. The molecule has 1 aromatic carbocycles. The maximum absolute atomic E-state index is 9.15. The van der Waals surface area contributed by atoms with Crippen LogP contribution in [0.15, 0.2) is 24.3 Å². The number of methoxy groups -OCH3 is 1. The number of hydrogen-bond acceptors (Lipinski definition) is 3. The average molecular weight is 272 g/mol. The Labute approximate surface area is 121 Å². The molecule has 0 bridgehead atoms. The van der Waals surface area contributed by atoms with Crippen molar-refractivity contribution >= 4 is 5.69 Å². The van der Waals surface area contributed by atoms with E-state index < -0.39 is 5.41 Å². The minimum absolute atomic E-state index is 0.422. The van der Waals surface area contributed by atoms with E-state index in [9.17, 15) is 0 Å². The second kappa shape index (κ2) is 6.28. The van der Waals surface area contributed by atoms with Gasteiger partial charge >= 0.3 is 0 Å². The monoisotopic (exact) mass is 272 g/mol. The van der Waals surface area contributed by atoms with Crippen molar-refractivity contribution in [2.75, 3.05) is 12.4 Å². The number of nitrogens with one attached hydrogen (secondary N) is 1. The van der Waals surface area contributed by atoms with E-state index in [1.54, 1.807) is 7.11 Å². The summed E-state index contributed by atoms with van der Waals surface area (Å²) in [6, 6.07) is 11.1. The van der Waals surface area contributed by atoms with Crippen LogP contribution in [0.2, 0.25) is 0 Å². The lowest BCUT2D eigenvalue weighted by atomic mass is 9.86. The molecule has 0 atom stereocenters. The van der Waals surface area contributed by atoms with Gasteiger partial charge < -0.3 is 10.1 Å². The summed E-state index contributed by atoms with van der Waals surface area (Å²) in [5.41, 5.74) is 1.78. The van der Waals surface area contributed by atoms with Crippen LogP contribution >= 0.6 is 0 Å². The van der Waals surface area contributed by atoms with Gasteiger partial charge in [0, 0.05) is 18.8 Å². The van der Waals surface area contributed by atoms with E-state index in [-0.39, 0.29) is 0 Å². The van der Waals surface area contributed by atoms with Gasteiger partial charge in [-0.3, -0.25) is 0 Å². The SMILES string of the molecule is COC1CCC(Nc2ccc(C(C)(C)C#N)cc2)CC1. The van der Waals surface area contributed by atoms with Crippen LogP contribution in [0, 0.1) is 11.3 Å². The van der Waals surface area contributed by atoms with Crippen molar-refractivity contribution < 1.29 is 4.74 Å². The molecule has 1 N–H and O–H groups in total. The number of benzene rings is 1. The van der Waals surface area contributed by atoms with E-state index in [1.807, 2.05) is 26.0 Å². The fourth-order valence-corrected chi connectivity index (χ4v) is 2.73.